The van der Waals surface area contributed by atoms with Crippen LogP contribution < -0.4 is 5.01 Å². The third-order valence-electron chi connectivity index (χ3n) is 5.03. The Bertz CT molecular complexity index is 1250. The van der Waals surface area contributed by atoms with E-state index >= 15 is 0 Å². The van der Waals surface area contributed by atoms with Gasteiger partial charge in [-0.05, 0) is 41.3 Å². The van der Waals surface area contributed by atoms with Crippen LogP contribution in [-0.4, -0.2) is 15.6 Å². The quantitative estimate of drug-likeness (QED) is 0.265. The van der Waals surface area contributed by atoms with Gasteiger partial charge in [0.25, 0.3) is 5.69 Å². The summed E-state index contributed by atoms with van der Waals surface area (Å²) >= 11 is 3.09. The van der Waals surface area contributed by atoms with Gasteiger partial charge < -0.3 is 0 Å². The van der Waals surface area contributed by atoms with Gasteiger partial charge in [-0.25, -0.2) is 14.4 Å². The van der Waals surface area contributed by atoms with Gasteiger partial charge in [-0.15, -0.1) is 22.7 Å². The number of aromatic nitrogens is 1. The first kappa shape index (κ1) is 19.5. The van der Waals surface area contributed by atoms with Gasteiger partial charge in [-0.1, -0.05) is 18.2 Å². The molecule has 0 radical (unpaired) electrons. The molecule has 1 atom stereocenters. The van der Waals surface area contributed by atoms with Crippen LogP contribution in [-0.2, 0) is 0 Å². The monoisotopic (exact) mass is 450 g/mol. The minimum Gasteiger partial charge on any atom is -0.258 e. The fourth-order valence-electron chi connectivity index (χ4n) is 3.48. The predicted molar refractivity (Wildman–Crippen MR) is 121 cm³/mol. The topological polar surface area (TPSA) is 71.6 Å². The van der Waals surface area contributed by atoms with Gasteiger partial charge in [0.05, 0.1) is 27.2 Å². The lowest BCUT2D eigenvalue weighted by atomic mass is 10.0. The molecule has 0 fully saturated rings. The molecule has 6 nitrogen and oxygen atoms in total. The predicted octanol–water partition coefficient (Wildman–Crippen LogP) is 6.27. The van der Waals surface area contributed by atoms with E-state index < -0.39 is 4.92 Å². The molecule has 2 aromatic heterocycles. The van der Waals surface area contributed by atoms with E-state index in [2.05, 4.69) is 0 Å². The number of hydrogen-bond donors (Lipinski definition) is 0. The number of thiazole rings is 1. The summed E-state index contributed by atoms with van der Waals surface area (Å²) < 4.78 is 13.5. The van der Waals surface area contributed by atoms with Crippen LogP contribution >= 0.6 is 22.7 Å². The zero-order valence-electron chi connectivity index (χ0n) is 16.0. The number of thiophene rings is 1. The van der Waals surface area contributed by atoms with Gasteiger partial charge in [0.2, 0.25) is 5.13 Å². The molecule has 4 aromatic rings. The molecule has 9 heteroatoms. The molecule has 2 aromatic carbocycles. The van der Waals surface area contributed by atoms with E-state index in [0.29, 0.717) is 11.6 Å². The molecule has 0 aliphatic carbocycles. The number of benzene rings is 2. The summed E-state index contributed by atoms with van der Waals surface area (Å²) in [4.78, 5) is 16.3. The van der Waals surface area contributed by atoms with Gasteiger partial charge in [-0.3, -0.25) is 10.1 Å². The minimum absolute atomic E-state index is 0.0420. The van der Waals surface area contributed by atoms with Crippen molar-refractivity contribution in [2.45, 2.75) is 12.5 Å². The van der Waals surface area contributed by atoms with Gasteiger partial charge in [-0.2, -0.15) is 5.10 Å². The second-order valence-corrected chi connectivity index (χ2v) is 8.74. The second kappa shape index (κ2) is 8.01. The number of rotatable bonds is 5. The third kappa shape index (κ3) is 3.85. The van der Waals surface area contributed by atoms with Crippen molar-refractivity contribution in [1.82, 2.24) is 4.98 Å². The Morgan fingerprint density at radius 3 is 2.52 bits per heavy atom. The lowest BCUT2D eigenvalue weighted by Crippen LogP contribution is -2.18. The smallest absolute Gasteiger partial charge is 0.258 e. The van der Waals surface area contributed by atoms with Crippen molar-refractivity contribution in [3.63, 3.8) is 0 Å². The minimum atomic E-state index is -0.422. The molecule has 0 spiro atoms. The van der Waals surface area contributed by atoms with Crippen LogP contribution in [0, 0.1) is 15.9 Å². The van der Waals surface area contributed by atoms with E-state index in [4.69, 9.17) is 10.1 Å². The summed E-state index contributed by atoms with van der Waals surface area (Å²) in [6.07, 6.45) is 0.693. The van der Waals surface area contributed by atoms with Crippen molar-refractivity contribution in [1.29, 1.82) is 0 Å². The molecule has 1 unspecified atom stereocenters. The van der Waals surface area contributed by atoms with Crippen molar-refractivity contribution < 1.29 is 9.31 Å². The fourth-order valence-corrected chi connectivity index (χ4v) is 5.03. The summed E-state index contributed by atoms with van der Waals surface area (Å²) in [5.74, 6) is -0.276. The molecule has 0 N–H and O–H groups in total. The highest BCUT2D eigenvalue weighted by Crippen LogP contribution is 2.40. The zero-order valence-corrected chi connectivity index (χ0v) is 17.6. The van der Waals surface area contributed by atoms with Crippen molar-refractivity contribution in [3.05, 3.63) is 97.8 Å². The zero-order chi connectivity index (χ0) is 21.4. The van der Waals surface area contributed by atoms with Crippen LogP contribution in [0.1, 0.15) is 22.9 Å². The molecular formula is C22H15FN4O2S2. The van der Waals surface area contributed by atoms with Gasteiger partial charge in [0.15, 0.2) is 0 Å². The van der Waals surface area contributed by atoms with Gasteiger partial charge >= 0.3 is 0 Å². The van der Waals surface area contributed by atoms with Crippen LogP contribution in [0.3, 0.4) is 0 Å². The summed E-state index contributed by atoms with van der Waals surface area (Å²) in [5.41, 5.74) is 3.50. The van der Waals surface area contributed by atoms with E-state index in [1.807, 2.05) is 27.9 Å². The average molecular weight is 451 g/mol. The Kier molecular flexibility index (Phi) is 5.05. The Morgan fingerprint density at radius 1 is 1.06 bits per heavy atom. The molecule has 0 bridgehead atoms. The molecule has 154 valence electrons. The van der Waals surface area contributed by atoms with Crippen molar-refractivity contribution in [2.24, 2.45) is 5.10 Å². The first-order chi connectivity index (χ1) is 15.1. The van der Waals surface area contributed by atoms with Gasteiger partial charge in [0.1, 0.15) is 5.82 Å². The number of nitro groups is 1. The molecule has 31 heavy (non-hydrogen) atoms. The Labute approximate surface area is 185 Å². The first-order valence-corrected chi connectivity index (χ1v) is 11.2. The van der Waals surface area contributed by atoms with Crippen LogP contribution in [0.2, 0.25) is 0 Å². The molecule has 3 heterocycles. The third-order valence-corrected chi connectivity index (χ3v) is 6.78. The molecule has 1 aliphatic rings. The molecule has 5 rings (SSSR count). The van der Waals surface area contributed by atoms with Crippen molar-refractivity contribution in [3.8, 4) is 11.3 Å². The number of anilines is 1. The fraction of sp³-hybridized carbons (Fsp3) is 0.0909. The number of halogens is 1. The van der Waals surface area contributed by atoms with E-state index in [-0.39, 0.29) is 17.5 Å². The summed E-state index contributed by atoms with van der Waals surface area (Å²) in [7, 11) is 0. The number of non-ortho nitro benzene ring substituents is 1. The van der Waals surface area contributed by atoms with Gasteiger partial charge in [0, 0.05) is 29.5 Å². The van der Waals surface area contributed by atoms with E-state index in [0.717, 1.165) is 27.4 Å². The lowest BCUT2D eigenvalue weighted by molar-refractivity contribution is -0.384. The highest BCUT2D eigenvalue weighted by Gasteiger charge is 2.32. The Balaban J connectivity index is 1.49. The number of nitro benzene ring substituents is 1. The van der Waals surface area contributed by atoms with Crippen LogP contribution in [0.15, 0.2) is 76.5 Å². The lowest BCUT2D eigenvalue weighted by Gasteiger charge is -2.21. The number of nitrogens with zero attached hydrogens (tertiary/aromatic N) is 4. The standard InChI is InChI=1S/C22H15FN4O2S2/c23-16-7-3-15(4-8-16)20-12-18(21-2-1-11-30-21)25-26(20)22-24-19(13-31-22)14-5-9-17(10-6-14)27(28)29/h1-11,13,20H,12H2. The SMILES string of the molecule is O=[N+]([O-])c1ccc(-c2csc(N3N=C(c4cccs4)CC3c3ccc(F)cc3)n2)cc1. The second-order valence-electron chi connectivity index (χ2n) is 6.96. The largest absolute Gasteiger partial charge is 0.269 e. The first-order valence-electron chi connectivity index (χ1n) is 9.45. The maximum absolute atomic E-state index is 13.5. The van der Waals surface area contributed by atoms with E-state index in [1.165, 1.54) is 35.6 Å². The van der Waals surface area contributed by atoms with Crippen LogP contribution in [0.4, 0.5) is 15.2 Å². The Morgan fingerprint density at radius 2 is 1.84 bits per heavy atom. The summed E-state index contributed by atoms with van der Waals surface area (Å²) in [6.45, 7) is 0. The van der Waals surface area contributed by atoms with Crippen molar-refractivity contribution >= 4 is 39.2 Å². The maximum atomic E-state index is 13.5. The summed E-state index contributed by atoms with van der Waals surface area (Å²) in [5, 5.41) is 22.3. The Hall–Kier alpha value is -3.43. The maximum Gasteiger partial charge on any atom is 0.269 e. The number of hydrogen-bond acceptors (Lipinski definition) is 7. The summed E-state index contributed by atoms with van der Waals surface area (Å²) in [6, 6.07) is 16.8. The van der Waals surface area contributed by atoms with Crippen molar-refractivity contribution in [2.75, 3.05) is 5.01 Å². The highest BCUT2D eigenvalue weighted by atomic mass is 32.1. The number of hydrazone groups is 1. The average Bonchev–Trinajstić information content (AvgIpc) is 3.54. The normalized spacial score (nSPS) is 15.8. The van der Waals surface area contributed by atoms with E-state index in [9.17, 15) is 14.5 Å². The molecule has 1 aliphatic heterocycles. The molecule has 0 saturated carbocycles. The van der Waals surface area contributed by atoms with Crippen LogP contribution in [0.5, 0.6) is 0 Å². The van der Waals surface area contributed by atoms with E-state index in [1.54, 1.807) is 35.6 Å². The molecular weight excluding hydrogens is 435 g/mol. The highest BCUT2D eigenvalue weighted by molar-refractivity contribution is 7.14. The van der Waals surface area contributed by atoms with Crippen LogP contribution in [0.25, 0.3) is 11.3 Å². The molecule has 0 amide bonds. The molecule has 0 saturated heterocycles.